The highest BCUT2D eigenvalue weighted by Gasteiger charge is 2.42. The van der Waals surface area contributed by atoms with E-state index in [0.29, 0.717) is 52.1 Å². The maximum Gasteiger partial charge on any atom is 0.243 e. The van der Waals surface area contributed by atoms with Crippen molar-refractivity contribution in [3.63, 3.8) is 0 Å². The molecule has 3 rings (SSSR count). The SMILES string of the molecule is NCC1(C(=O)N2CCCN(S(=O)(=O)c3ccc(F)cc3)CC2)CCOCC1. The Morgan fingerprint density at radius 1 is 1.11 bits per heavy atom. The van der Waals surface area contributed by atoms with Crippen molar-refractivity contribution in [1.29, 1.82) is 0 Å². The molecule has 1 aromatic carbocycles. The van der Waals surface area contributed by atoms with Crippen LogP contribution in [-0.4, -0.2) is 69.5 Å². The zero-order valence-electron chi connectivity index (χ0n) is 15.3. The fourth-order valence-electron chi connectivity index (χ4n) is 3.70. The number of ether oxygens (including phenoxy) is 1. The first-order valence-electron chi connectivity index (χ1n) is 9.22. The molecule has 9 heteroatoms. The number of benzene rings is 1. The lowest BCUT2D eigenvalue weighted by Gasteiger charge is -2.38. The number of sulfonamides is 1. The summed E-state index contributed by atoms with van der Waals surface area (Å²) in [5, 5.41) is 0. The van der Waals surface area contributed by atoms with E-state index in [2.05, 4.69) is 0 Å². The quantitative estimate of drug-likeness (QED) is 0.809. The Kier molecular flexibility index (Phi) is 6.15. The Balaban J connectivity index is 1.71. The van der Waals surface area contributed by atoms with Gasteiger partial charge in [0.25, 0.3) is 0 Å². The van der Waals surface area contributed by atoms with Crippen molar-refractivity contribution in [2.24, 2.45) is 11.1 Å². The highest BCUT2D eigenvalue weighted by Crippen LogP contribution is 2.32. The minimum Gasteiger partial charge on any atom is -0.381 e. The molecule has 27 heavy (non-hydrogen) atoms. The van der Waals surface area contributed by atoms with E-state index in [-0.39, 0.29) is 23.9 Å². The number of nitrogens with zero attached hydrogens (tertiary/aromatic N) is 2. The van der Waals surface area contributed by atoms with Crippen molar-refractivity contribution in [3.05, 3.63) is 30.1 Å². The van der Waals surface area contributed by atoms with E-state index in [1.165, 1.54) is 16.4 Å². The molecular weight excluding hydrogens is 373 g/mol. The molecule has 0 radical (unpaired) electrons. The highest BCUT2D eigenvalue weighted by atomic mass is 32.2. The third-order valence-electron chi connectivity index (χ3n) is 5.49. The molecule has 2 aliphatic heterocycles. The van der Waals surface area contributed by atoms with Gasteiger partial charge >= 0.3 is 0 Å². The van der Waals surface area contributed by atoms with Gasteiger partial charge in [-0.2, -0.15) is 4.31 Å². The van der Waals surface area contributed by atoms with E-state index in [1.807, 2.05) is 0 Å². The van der Waals surface area contributed by atoms with Gasteiger partial charge in [0.2, 0.25) is 15.9 Å². The van der Waals surface area contributed by atoms with Gasteiger partial charge in [0.05, 0.1) is 10.3 Å². The number of hydrogen-bond acceptors (Lipinski definition) is 5. The molecule has 0 unspecified atom stereocenters. The topological polar surface area (TPSA) is 92.9 Å². The molecule has 2 aliphatic rings. The molecule has 2 N–H and O–H groups in total. The number of hydrogen-bond donors (Lipinski definition) is 1. The summed E-state index contributed by atoms with van der Waals surface area (Å²) in [6, 6.07) is 4.81. The average molecular weight is 399 g/mol. The van der Waals surface area contributed by atoms with Gasteiger partial charge in [0.15, 0.2) is 0 Å². The van der Waals surface area contributed by atoms with Crippen LogP contribution in [0.25, 0.3) is 0 Å². The summed E-state index contributed by atoms with van der Waals surface area (Å²) in [4.78, 5) is 14.9. The number of carbonyl (C=O) groups excluding carboxylic acids is 1. The van der Waals surface area contributed by atoms with Gasteiger partial charge in [-0.1, -0.05) is 0 Å². The van der Waals surface area contributed by atoms with Crippen LogP contribution in [0.15, 0.2) is 29.2 Å². The largest absolute Gasteiger partial charge is 0.381 e. The summed E-state index contributed by atoms with van der Waals surface area (Å²) in [6.07, 6.45) is 1.73. The molecule has 1 aromatic rings. The van der Waals surface area contributed by atoms with Gasteiger partial charge in [0, 0.05) is 45.9 Å². The Bertz CT molecular complexity index is 763. The van der Waals surface area contributed by atoms with Crippen molar-refractivity contribution in [2.75, 3.05) is 45.9 Å². The normalized spacial score (nSPS) is 21.6. The Morgan fingerprint density at radius 2 is 1.78 bits per heavy atom. The van der Waals surface area contributed by atoms with Crippen LogP contribution < -0.4 is 5.73 Å². The van der Waals surface area contributed by atoms with Gasteiger partial charge in [-0.05, 0) is 43.5 Å². The summed E-state index contributed by atoms with van der Waals surface area (Å²) in [6.45, 7) is 2.65. The molecule has 2 heterocycles. The average Bonchev–Trinajstić information content (AvgIpc) is 2.95. The van der Waals surface area contributed by atoms with Crippen molar-refractivity contribution in [1.82, 2.24) is 9.21 Å². The van der Waals surface area contributed by atoms with Crippen molar-refractivity contribution < 1.29 is 22.3 Å². The monoisotopic (exact) mass is 399 g/mol. The molecule has 0 aliphatic carbocycles. The fraction of sp³-hybridized carbons (Fsp3) is 0.611. The molecule has 0 saturated carbocycles. The van der Waals surface area contributed by atoms with Gasteiger partial charge < -0.3 is 15.4 Å². The lowest BCUT2D eigenvalue weighted by molar-refractivity contribution is -0.147. The molecular formula is C18H26FN3O4S. The fourth-order valence-corrected chi connectivity index (χ4v) is 5.17. The molecule has 0 bridgehead atoms. The lowest BCUT2D eigenvalue weighted by atomic mass is 9.79. The van der Waals surface area contributed by atoms with Crippen molar-refractivity contribution in [2.45, 2.75) is 24.2 Å². The summed E-state index contributed by atoms with van der Waals surface area (Å²) in [5.74, 6) is -0.487. The minimum atomic E-state index is -3.71. The molecule has 0 aromatic heterocycles. The standard InChI is InChI=1S/C18H26FN3O4S/c19-15-2-4-16(5-3-15)27(24,25)22-9-1-8-21(10-11-22)17(23)18(14-20)6-12-26-13-7-18/h2-5H,1,6-14,20H2. The van der Waals surface area contributed by atoms with Crippen molar-refractivity contribution in [3.8, 4) is 0 Å². The van der Waals surface area contributed by atoms with E-state index >= 15 is 0 Å². The highest BCUT2D eigenvalue weighted by molar-refractivity contribution is 7.89. The molecule has 1 amide bonds. The maximum atomic E-state index is 13.1. The minimum absolute atomic E-state index is 0.00525. The van der Waals surface area contributed by atoms with Gasteiger partial charge in [-0.3, -0.25) is 4.79 Å². The zero-order valence-corrected chi connectivity index (χ0v) is 16.1. The summed E-state index contributed by atoms with van der Waals surface area (Å²) < 4.78 is 45.5. The lowest BCUT2D eigenvalue weighted by Crippen LogP contribution is -2.51. The predicted molar refractivity (Wildman–Crippen MR) is 97.9 cm³/mol. The van der Waals surface area contributed by atoms with Crippen molar-refractivity contribution >= 4 is 15.9 Å². The number of halogens is 1. The van der Waals surface area contributed by atoms with Gasteiger partial charge in [-0.15, -0.1) is 0 Å². The smallest absolute Gasteiger partial charge is 0.243 e. The van der Waals surface area contributed by atoms with Crippen LogP contribution in [0.4, 0.5) is 4.39 Å². The van der Waals surface area contributed by atoms with Crippen LogP contribution in [0, 0.1) is 11.2 Å². The molecule has 2 fully saturated rings. The number of amides is 1. The summed E-state index contributed by atoms with van der Waals surface area (Å²) in [7, 11) is -3.71. The van der Waals surface area contributed by atoms with Crippen LogP contribution in [-0.2, 0) is 19.6 Å². The third-order valence-corrected chi connectivity index (χ3v) is 7.40. The first-order valence-corrected chi connectivity index (χ1v) is 10.7. The zero-order chi connectivity index (χ0) is 19.5. The number of rotatable bonds is 4. The Morgan fingerprint density at radius 3 is 2.41 bits per heavy atom. The van der Waals surface area contributed by atoms with E-state index in [0.717, 1.165) is 12.1 Å². The van der Waals surface area contributed by atoms with Gasteiger partial charge in [-0.25, -0.2) is 12.8 Å². The van der Waals surface area contributed by atoms with E-state index < -0.39 is 21.3 Å². The molecule has 2 saturated heterocycles. The third kappa shape index (κ3) is 4.16. The number of nitrogens with two attached hydrogens (primary N) is 1. The van der Waals surface area contributed by atoms with E-state index in [9.17, 15) is 17.6 Å². The first-order chi connectivity index (χ1) is 12.9. The van der Waals surface area contributed by atoms with Crippen LogP contribution in [0.5, 0.6) is 0 Å². The van der Waals surface area contributed by atoms with Crippen LogP contribution in [0.1, 0.15) is 19.3 Å². The van der Waals surface area contributed by atoms with E-state index in [4.69, 9.17) is 10.5 Å². The molecule has 0 spiro atoms. The second-order valence-corrected chi connectivity index (χ2v) is 9.04. The van der Waals surface area contributed by atoms with E-state index in [1.54, 1.807) is 4.90 Å². The predicted octanol–water partition coefficient (Wildman–Crippen LogP) is 0.804. The summed E-state index contributed by atoms with van der Waals surface area (Å²) >= 11 is 0. The molecule has 0 atom stereocenters. The van der Waals surface area contributed by atoms with Crippen LogP contribution in [0.2, 0.25) is 0 Å². The van der Waals surface area contributed by atoms with Crippen LogP contribution in [0.3, 0.4) is 0 Å². The first kappa shape index (κ1) is 20.2. The second kappa shape index (κ2) is 8.22. The number of carbonyl (C=O) groups is 1. The molecule has 7 nitrogen and oxygen atoms in total. The second-order valence-electron chi connectivity index (χ2n) is 7.10. The Labute approximate surface area is 159 Å². The Hall–Kier alpha value is -1.55. The van der Waals surface area contributed by atoms with Gasteiger partial charge in [0.1, 0.15) is 5.82 Å². The summed E-state index contributed by atoms with van der Waals surface area (Å²) in [5.41, 5.74) is 5.32. The molecule has 150 valence electrons. The van der Waals surface area contributed by atoms with Crippen LogP contribution >= 0.6 is 0 Å². The maximum absolute atomic E-state index is 13.1.